The summed E-state index contributed by atoms with van der Waals surface area (Å²) in [7, 11) is 0. The van der Waals surface area contributed by atoms with Crippen molar-refractivity contribution in [2.24, 2.45) is 0 Å². The van der Waals surface area contributed by atoms with Crippen LogP contribution in [-0.4, -0.2) is 9.97 Å². The number of imidazole rings is 1. The fourth-order valence-electron chi connectivity index (χ4n) is 1.91. The topological polar surface area (TPSA) is 52.5 Å². The van der Waals surface area contributed by atoms with Gasteiger partial charge in [-0.2, -0.15) is 5.26 Å². The van der Waals surface area contributed by atoms with E-state index < -0.39 is 0 Å². The van der Waals surface area contributed by atoms with Crippen LogP contribution in [0.2, 0.25) is 5.02 Å². The lowest BCUT2D eigenvalue weighted by atomic mass is 10.2. The zero-order chi connectivity index (χ0) is 13.9. The quantitative estimate of drug-likeness (QED) is 0.730. The predicted molar refractivity (Wildman–Crippen MR) is 81.8 cm³/mol. The van der Waals surface area contributed by atoms with Gasteiger partial charge in [-0.1, -0.05) is 35.5 Å². The van der Waals surface area contributed by atoms with Crippen LogP contribution >= 0.6 is 23.4 Å². The maximum atomic E-state index is 8.88. The number of fused-ring (bicyclic) bond motifs is 1. The number of nitriles is 1. The van der Waals surface area contributed by atoms with E-state index >= 15 is 0 Å². The minimum Gasteiger partial charge on any atom is -0.333 e. The second kappa shape index (κ2) is 5.58. The Morgan fingerprint density at radius 3 is 3.00 bits per heavy atom. The largest absolute Gasteiger partial charge is 0.333 e. The van der Waals surface area contributed by atoms with Crippen molar-refractivity contribution in [2.45, 2.75) is 10.9 Å². The molecule has 1 heterocycles. The lowest BCUT2D eigenvalue weighted by Crippen LogP contribution is -1.83. The molecule has 0 amide bonds. The normalized spacial score (nSPS) is 10.6. The van der Waals surface area contributed by atoms with Crippen molar-refractivity contribution in [3.8, 4) is 6.07 Å². The number of thioether (sulfide) groups is 1. The van der Waals surface area contributed by atoms with Gasteiger partial charge in [0.2, 0.25) is 0 Å². The minimum atomic E-state index is 0.680. The molecule has 0 saturated carbocycles. The molecule has 1 N–H and O–H groups in total. The molecule has 0 radical (unpaired) electrons. The highest BCUT2D eigenvalue weighted by Gasteiger charge is 2.04. The summed E-state index contributed by atoms with van der Waals surface area (Å²) >= 11 is 7.55. The number of nitrogens with zero attached hydrogens (tertiary/aromatic N) is 2. The van der Waals surface area contributed by atoms with Crippen LogP contribution in [0.15, 0.2) is 47.6 Å². The van der Waals surface area contributed by atoms with Crippen LogP contribution in [0, 0.1) is 11.3 Å². The average molecular weight is 300 g/mol. The van der Waals surface area contributed by atoms with E-state index in [1.807, 2.05) is 36.4 Å². The number of H-pyrrole nitrogens is 1. The molecule has 1 aromatic heterocycles. The van der Waals surface area contributed by atoms with Crippen LogP contribution in [0.3, 0.4) is 0 Å². The third-order valence-corrected chi connectivity index (χ3v) is 4.03. The van der Waals surface area contributed by atoms with E-state index in [9.17, 15) is 0 Å². The third kappa shape index (κ3) is 2.79. The Balaban J connectivity index is 1.78. The summed E-state index contributed by atoms with van der Waals surface area (Å²) in [6.07, 6.45) is 0. The van der Waals surface area contributed by atoms with Crippen LogP contribution in [0.5, 0.6) is 0 Å². The Kier molecular flexibility index (Phi) is 3.64. The zero-order valence-electron chi connectivity index (χ0n) is 10.4. The zero-order valence-corrected chi connectivity index (χ0v) is 12.0. The van der Waals surface area contributed by atoms with Crippen LogP contribution in [0.4, 0.5) is 0 Å². The molecule has 0 aliphatic rings. The van der Waals surface area contributed by atoms with Gasteiger partial charge >= 0.3 is 0 Å². The first-order chi connectivity index (χ1) is 9.74. The van der Waals surface area contributed by atoms with Crippen LogP contribution in [-0.2, 0) is 5.75 Å². The first-order valence-electron chi connectivity index (χ1n) is 6.02. The number of benzene rings is 2. The fourth-order valence-corrected chi connectivity index (χ4v) is 2.91. The van der Waals surface area contributed by atoms with Gasteiger partial charge in [-0.05, 0) is 35.9 Å². The summed E-state index contributed by atoms with van der Waals surface area (Å²) < 4.78 is 0. The maximum absolute atomic E-state index is 8.88. The standard InChI is InChI=1S/C15H10ClN3S/c16-12-4-5-13-14(7-12)19-15(18-13)20-9-11-3-1-2-10(6-11)8-17/h1-7H,9H2,(H,18,19). The molecule has 0 saturated heterocycles. The molecule has 0 fully saturated rings. The molecule has 0 aliphatic carbocycles. The van der Waals surface area contributed by atoms with Gasteiger partial charge in [0.25, 0.3) is 0 Å². The highest BCUT2D eigenvalue weighted by atomic mass is 35.5. The molecule has 20 heavy (non-hydrogen) atoms. The third-order valence-electron chi connectivity index (χ3n) is 2.85. The molecule has 0 bridgehead atoms. The van der Waals surface area contributed by atoms with Gasteiger partial charge in [-0.3, -0.25) is 0 Å². The van der Waals surface area contributed by atoms with Crippen LogP contribution in [0.25, 0.3) is 11.0 Å². The molecule has 2 aromatic carbocycles. The lowest BCUT2D eigenvalue weighted by molar-refractivity contribution is 1.08. The molecule has 5 heteroatoms. The van der Waals surface area contributed by atoms with E-state index in [1.165, 1.54) is 0 Å². The second-order valence-corrected chi connectivity index (χ2v) is 5.70. The Morgan fingerprint density at radius 2 is 2.15 bits per heavy atom. The molecule has 0 unspecified atom stereocenters. The monoisotopic (exact) mass is 299 g/mol. The molecule has 0 atom stereocenters. The Hall–Kier alpha value is -1.96. The Labute approximate surface area is 125 Å². The Bertz CT molecular complexity index is 804. The molecule has 3 rings (SSSR count). The fraction of sp³-hybridized carbons (Fsp3) is 0.0667. The van der Waals surface area contributed by atoms with Crippen molar-refractivity contribution >= 4 is 34.4 Å². The van der Waals surface area contributed by atoms with E-state index in [2.05, 4.69) is 16.0 Å². The van der Waals surface area contributed by atoms with Crippen molar-refractivity contribution in [1.82, 2.24) is 9.97 Å². The second-order valence-electron chi connectivity index (χ2n) is 4.30. The van der Waals surface area contributed by atoms with Gasteiger partial charge in [0, 0.05) is 10.8 Å². The van der Waals surface area contributed by atoms with E-state index in [0.717, 1.165) is 27.5 Å². The van der Waals surface area contributed by atoms with Crippen molar-refractivity contribution in [3.63, 3.8) is 0 Å². The summed E-state index contributed by atoms with van der Waals surface area (Å²) in [6, 6.07) is 15.3. The first kappa shape index (κ1) is 13.0. The van der Waals surface area contributed by atoms with Gasteiger partial charge in [-0.15, -0.1) is 0 Å². The molecule has 3 aromatic rings. The smallest absolute Gasteiger partial charge is 0.166 e. The van der Waals surface area contributed by atoms with E-state index in [1.54, 1.807) is 17.8 Å². The summed E-state index contributed by atoms with van der Waals surface area (Å²) in [6.45, 7) is 0. The van der Waals surface area contributed by atoms with E-state index in [-0.39, 0.29) is 0 Å². The van der Waals surface area contributed by atoms with Gasteiger partial charge < -0.3 is 4.98 Å². The van der Waals surface area contributed by atoms with Crippen LogP contribution in [0.1, 0.15) is 11.1 Å². The number of halogens is 1. The van der Waals surface area contributed by atoms with Gasteiger partial charge in [0.05, 0.1) is 22.7 Å². The number of nitrogens with one attached hydrogen (secondary N) is 1. The summed E-state index contributed by atoms with van der Waals surface area (Å²) in [5.74, 6) is 0.767. The van der Waals surface area contributed by atoms with E-state index in [4.69, 9.17) is 16.9 Å². The minimum absolute atomic E-state index is 0.680. The Morgan fingerprint density at radius 1 is 1.25 bits per heavy atom. The predicted octanol–water partition coefficient (Wildman–Crippen LogP) is 4.38. The number of hydrogen-bond acceptors (Lipinski definition) is 3. The van der Waals surface area contributed by atoms with Gasteiger partial charge in [0.15, 0.2) is 5.16 Å². The molecular weight excluding hydrogens is 290 g/mol. The average Bonchev–Trinajstić information content (AvgIpc) is 2.87. The number of rotatable bonds is 3. The molecular formula is C15H10ClN3S. The highest BCUT2D eigenvalue weighted by molar-refractivity contribution is 7.98. The SMILES string of the molecule is N#Cc1cccc(CSc2nc3ccc(Cl)cc3[nH]2)c1. The first-order valence-corrected chi connectivity index (χ1v) is 7.38. The van der Waals surface area contributed by atoms with Gasteiger partial charge in [0.1, 0.15) is 0 Å². The molecule has 0 aliphatic heterocycles. The number of hydrogen-bond donors (Lipinski definition) is 1. The summed E-state index contributed by atoms with van der Waals surface area (Å²) in [5.41, 5.74) is 3.63. The summed E-state index contributed by atoms with van der Waals surface area (Å²) in [4.78, 5) is 7.73. The number of aromatic amines is 1. The maximum Gasteiger partial charge on any atom is 0.166 e. The molecule has 98 valence electrons. The molecule has 3 nitrogen and oxygen atoms in total. The number of aromatic nitrogens is 2. The van der Waals surface area contributed by atoms with Crippen molar-refractivity contribution in [1.29, 1.82) is 5.26 Å². The van der Waals surface area contributed by atoms with Crippen molar-refractivity contribution in [2.75, 3.05) is 0 Å². The van der Waals surface area contributed by atoms with Crippen LogP contribution < -0.4 is 0 Å². The molecule has 0 spiro atoms. The van der Waals surface area contributed by atoms with Crippen molar-refractivity contribution in [3.05, 3.63) is 58.6 Å². The summed E-state index contributed by atoms with van der Waals surface area (Å²) in [5, 5.41) is 10.4. The van der Waals surface area contributed by atoms with E-state index in [0.29, 0.717) is 10.6 Å². The lowest BCUT2D eigenvalue weighted by Gasteiger charge is -1.99. The van der Waals surface area contributed by atoms with Gasteiger partial charge in [-0.25, -0.2) is 4.98 Å². The van der Waals surface area contributed by atoms with Crippen molar-refractivity contribution < 1.29 is 0 Å². The highest BCUT2D eigenvalue weighted by Crippen LogP contribution is 2.24.